The second-order valence-corrected chi connectivity index (χ2v) is 5.27. The van der Waals surface area contributed by atoms with Gasteiger partial charge in [-0.05, 0) is 14.1 Å². The predicted molar refractivity (Wildman–Crippen MR) is 92.5 cm³/mol. The largest absolute Gasteiger partial charge is 0.378 e. The molecule has 0 aromatic heterocycles. The van der Waals surface area contributed by atoms with E-state index in [2.05, 4.69) is 4.90 Å². The Morgan fingerprint density at radius 2 is 0.792 bits per heavy atom. The van der Waals surface area contributed by atoms with Gasteiger partial charge in [0.2, 0.25) is 0 Å². The third-order valence-corrected chi connectivity index (χ3v) is 2.81. The summed E-state index contributed by atoms with van der Waals surface area (Å²) >= 11 is 0. The van der Waals surface area contributed by atoms with Gasteiger partial charge in [0.05, 0.1) is 79.3 Å². The summed E-state index contributed by atoms with van der Waals surface area (Å²) in [5.74, 6) is 0. The Balaban J connectivity index is 2.95. The van der Waals surface area contributed by atoms with Gasteiger partial charge >= 0.3 is 0 Å². The Hall–Kier alpha value is -0.320. The zero-order valence-electron chi connectivity index (χ0n) is 15.4. The van der Waals surface area contributed by atoms with Crippen LogP contribution in [-0.4, -0.2) is 111 Å². The highest BCUT2D eigenvalue weighted by Gasteiger charge is 1.94. The van der Waals surface area contributed by atoms with Gasteiger partial charge in [0.15, 0.2) is 0 Å². The summed E-state index contributed by atoms with van der Waals surface area (Å²) in [5, 5.41) is 0. The number of rotatable bonds is 20. The number of hydrogen-bond acceptors (Lipinski definition) is 8. The number of nitrogens with zero attached hydrogens (tertiary/aromatic N) is 1. The fourth-order valence-corrected chi connectivity index (χ4v) is 1.53. The Labute approximate surface area is 146 Å². The molecule has 0 bridgehead atoms. The summed E-state index contributed by atoms with van der Waals surface area (Å²) in [4.78, 5) is 2.08. The van der Waals surface area contributed by atoms with Crippen LogP contribution in [0.2, 0.25) is 0 Å². The normalized spacial score (nSPS) is 11.5. The molecule has 0 aromatic rings. The van der Waals surface area contributed by atoms with Crippen molar-refractivity contribution in [2.24, 2.45) is 5.73 Å². The van der Waals surface area contributed by atoms with Crippen molar-refractivity contribution in [2.75, 3.05) is 106 Å². The van der Waals surface area contributed by atoms with Gasteiger partial charge in [0.25, 0.3) is 0 Å². The lowest BCUT2D eigenvalue weighted by atomic mass is 10.6. The van der Waals surface area contributed by atoms with Crippen molar-refractivity contribution in [3.8, 4) is 0 Å². The molecule has 0 aliphatic rings. The van der Waals surface area contributed by atoms with Gasteiger partial charge in [-0.2, -0.15) is 0 Å². The van der Waals surface area contributed by atoms with Crippen molar-refractivity contribution in [3.05, 3.63) is 0 Å². The smallest absolute Gasteiger partial charge is 0.0701 e. The van der Waals surface area contributed by atoms with Crippen LogP contribution in [0.4, 0.5) is 0 Å². The molecule has 0 saturated carbocycles. The molecule has 0 amide bonds. The second-order valence-electron chi connectivity index (χ2n) is 5.27. The zero-order valence-corrected chi connectivity index (χ0v) is 15.4. The highest BCUT2D eigenvalue weighted by atomic mass is 16.6. The molecule has 2 N–H and O–H groups in total. The van der Waals surface area contributed by atoms with E-state index >= 15 is 0 Å². The molecule has 0 spiro atoms. The molecule has 8 heteroatoms. The maximum atomic E-state index is 5.41. The van der Waals surface area contributed by atoms with Gasteiger partial charge in [-0.1, -0.05) is 0 Å². The van der Waals surface area contributed by atoms with Crippen molar-refractivity contribution in [1.29, 1.82) is 0 Å². The summed E-state index contributed by atoms with van der Waals surface area (Å²) in [5.41, 5.74) is 5.30. The summed E-state index contributed by atoms with van der Waals surface area (Å²) in [6.07, 6.45) is 0. The van der Waals surface area contributed by atoms with Crippen LogP contribution in [0.1, 0.15) is 0 Å². The first kappa shape index (κ1) is 23.7. The van der Waals surface area contributed by atoms with Crippen molar-refractivity contribution in [1.82, 2.24) is 4.90 Å². The molecule has 0 fully saturated rings. The fourth-order valence-electron chi connectivity index (χ4n) is 1.53. The Kier molecular flexibility index (Phi) is 20.4. The highest BCUT2D eigenvalue weighted by Crippen LogP contribution is 1.85. The van der Waals surface area contributed by atoms with Crippen LogP contribution < -0.4 is 5.73 Å². The Bertz CT molecular complexity index is 235. The van der Waals surface area contributed by atoms with Crippen LogP contribution in [0.5, 0.6) is 0 Å². The lowest BCUT2D eigenvalue weighted by Gasteiger charge is -2.10. The van der Waals surface area contributed by atoms with Crippen molar-refractivity contribution >= 4 is 0 Å². The number of nitrogens with two attached hydrogens (primary N) is 1. The molecule has 8 nitrogen and oxygen atoms in total. The number of ether oxygens (including phenoxy) is 6. The van der Waals surface area contributed by atoms with E-state index in [0.29, 0.717) is 79.2 Å². The fraction of sp³-hybridized carbons (Fsp3) is 1.00. The maximum absolute atomic E-state index is 5.41. The second kappa shape index (κ2) is 20.7. The number of hydrogen-bond donors (Lipinski definition) is 1. The van der Waals surface area contributed by atoms with Gasteiger partial charge in [-0.25, -0.2) is 0 Å². The molecule has 0 radical (unpaired) electrons. The van der Waals surface area contributed by atoms with Crippen LogP contribution >= 0.6 is 0 Å². The first-order valence-corrected chi connectivity index (χ1v) is 8.58. The van der Waals surface area contributed by atoms with E-state index in [0.717, 1.165) is 13.2 Å². The van der Waals surface area contributed by atoms with Crippen LogP contribution in [0.25, 0.3) is 0 Å². The standard InChI is InChI=1S/C16H36N2O6/c1-18(2)4-6-20-8-10-22-12-14-24-16-15-23-13-11-21-9-7-19-5-3-17/h3-17H2,1-2H3. The predicted octanol–water partition coefficient (Wildman–Crippen LogP) is -0.394. The zero-order chi connectivity index (χ0) is 17.7. The maximum Gasteiger partial charge on any atom is 0.0701 e. The van der Waals surface area contributed by atoms with E-state index < -0.39 is 0 Å². The molecule has 0 aromatic carbocycles. The molecule has 0 aliphatic heterocycles. The third-order valence-electron chi connectivity index (χ3n) is 2.81. The number of likely N-dealkylation sites (N-methyl/N-ethyl adjacent to an activating group) is 1. The topological polar surface area (TPSA) is 84.6 Å². The molecule has 0 rings (SSSR count). The minimum absolute atomic E-state index is 0.540. The van der Waals surface area contributed by atoms with Gasteiger partial charge in [-0.15, -0.1) is 0 Å². The minimum atomic E-state index is 0.540. The van der Waals surface area contributed by atoms with Gasteiger partial charge in [-0.3, -0.25) is 0 Å². The molecular formula is C16H36N2O6. The van der Waals surface area contributed by atoms with Crippen molar-refractivity contribution in [2.45, 2.75) is 0 Å². The van der Waals surface area contributed by atoms with E-state index in [1.54, 1.807) is 0 Å². The average Bonchev–Trinajstić information content (AvgIpc) is 2.56. The molecular weight excluding hydrogens is 316 g/mol. The summed E-state index contributed by atoms with van der Waals surface area (Å²) in [6, 6.07) is 0. The molecule has 0 saturated heterocycles. The summed E-state index contributed by atoms with van der Waals surface area (Å²) < 4.78 is 32.1. The summed E-state index contributed by atoms with van der Waals surface area (Å²) in [7, 11) is 4.04. The van der Waals surface area contributed by atoms with Gasteiger partial charge in [0.1, 0.15) is 0 Å². The lowest BCUT2D eigenvalue weighted by molar-refractivity contribution is -0.0168. The molecule has 24 heavy (non-hydrogen) atoms. The van der Waals surface area contributed by atoms with Crippen LogP contribution in [0, 0.1) is 0 Å². The lowest BCUT2D eigenvalue weighted by Crippen LogP contribution is -2.19. The van der Waals surface area contributed by atoms with E-state index in [1.165, 1.54) is 0 Å². The van der Waals surface area contributed by atoms with E-state index in [4.69, 9.17) is 34.2 Å². The summed E-state index contributed by atoms with van der Waals surface area (Å²) in [6.45, 7) is 8.49. The SMILES string of the molecule is CN(C)CCOCCOCCOCCOCCOCCOCCN. The molecule has 146 valence electrons. The molecule has 0 unspecified atom stereocenters. The molecule has 0 heterocycles. The third kappa shape index (κ3) is 21.7. The van der Waals surface area contributed by atoms with Crippen molar-refractivity contribution in [3.63, 3.8) is 0 Å². The molecule has 0 atom stereocenters. The van der Waals surface area contributed by atoms with E-state index in [-0.39, 0.29) is 0 Å². The van der Waals surface area contributed by atoms with E-state index in [1.807, 2.05) is 14.1 Å². The highest BCUT2D eigenvalue weighted by molar-refractivity contribution is 4.40. The minimum Gasteiger partial charge on any atom is -0.378 e. The molecule has 0 aliphatic carbocycles. The van der Waals surface area contributed by atoms with Crippen LogP contribution in [0.3, 0.4) is 0 Å². The van der Waals surface area contributed by atoms with Crippen LogP contribution in [-0.2, 0) is 28.4 Å². The first-order valence-electron chi connectivity index (χ1n) is 8.58. The van der Waals surface area contributed by atoms with Gasteiger partial charge in [0, 0.05) is 13.1 Å². The van der Waals surface area contributed by atoms with E-state index in [9.17, 15) is 0 Å². The first-order chi connectivity index (χ1) is 11.8. The quantitative estimate of drug-likeness (QED) is 0.297. The van der Waals surface area contributed by atoms with Gasteiger partial charge < -0.3 is 39.1 Å². The van der Waals surface area contributed by atoms with Crippen molar-refractivity contribution < 1.29 is 28.4 Å². The average molecular weight is 352 g/mol. The Morgan fingerprint density at radius 3 is 1.08 bits per heavy atom. The monoisotopic (exact) mass is 352 g/mol. The Morgan fingerprint density at radius 1 is 0.500 bits per heavy atom. The van der Waals surface area contributed by atoms with Crippen LogP contribution in [0.15, 0.2) is 0 Å².